The largest absolute Gasteiger partial charge is 0.356 e. The van der Waals surface area contributed by atoms with E-state index in [4.69, 9.17) is 4.98 Å². The predicted octanol–water partition coefficient (Wildman–Crippen LogP) is 4.44. The van der Waals surface area contributed by atoms with E-state index in [-0.39, 0.29) is 11.9 Å². The number of hydrogen-bond donors (Lipinski definition) is 0. The molecular weight excluding hydrogens is 322 g/mol. The number of nitrogens with zero attached hydrogens (tertiary/aromatic N) is 3. The Balaban J connectivity index is 1.65. The van der Waals surface area contributed by atoms with E-state index in [2.05, 4.69) is 15.9 Å². The molecule has 0 radical (unpaired) electrons. The summed E-state index contributed by atoms with van der Waals surface area (Å²) in [5, 5.41) is 0. The minimum atomic E-state index is 0.127. The zero-order valence-electron chi connectivity index (χ0n) is 15.3. The maximum absolute atomic E-state index is 13.2. The van der Waals surface area contributed by atoms with Crippen LogP contribution in [0.1, 0.15) is 60.5 Å². The number of likely N-dealkylation sites (tertiary alicyclic amines) is 1. The van der Waals surface area contributed by atoms with Gasteiger partial charge in [-0.1, -0.05) is 24.3 Å². The van der Waals surface area contributed by atoms with Crippen LogP contribution >= 0.6 is 0 Å². The second kappa shape index (κ2) is 7.90. The van der Waals surface area contributed by atoms with Crippen molar-refractivity contribution in [2.45, 2.75) is 44.6 Å². The number of carbonyl (C=O) groups excluding carboxylic acids is 1. The van der Waals surface area contributed by atoms with Crippen LogP contribution in [0.2, 0.25) is 0 Å². The van der Waals surface area contributed by atoms with Crippen molar-refractivity contribution >= 4 is 11.7 Å². The number of amides is 1. The van der Waals surface area contributed by atoms with Crippen molar-refractivity contribution in [1.29, 1.82) is 0 Å². The molecule has 1 aromatic heterocycles. The van der Waals surface area contributed by atoms with E-state index in [0.29, 0.717) is 0 Å². The average Bonchev–Trinajstić information content (AvgIpc) is 2.74. The van der Waals surface area contributed by atoms with Gasteiger partial charge in [0.05, 0.1) is 6.04 Å². The molecule has 136 valence electrons. The summed E-state index contributed by atoms with van der Waals surface area (Å²) in [5.74, 6) is 1.23. The molecule has 2 saturated heterocycles. The highest BCUT2D eigenvalue weighted by Crippen LogP contribution is 2.37. The van der Waals surface area contributed by atoms with Crippen molar-refractivity contribution in [2.24, 2.45) is 0 Å². The molecule has 0 bridgehead atoms. The number of carbonyl (C=O) groups is 1. The standard InChI is InChI=1S/C22H27N3O/c26-22(18-10-3-1-4-11-18)25-17-8-5-13-20(25)19-12-9-14-23-21(19)24-15-6-2-7-16-24/h1,3-4,9-12,14,20H,2,5-8,13,15-17H2/t20-/m0/s1. The van der Waals surface area contributed by atoms with Gasteiger partial charge < -0.3 is 9.80 Å². The summed E-state index contributed by atoms with van der Waals surface area (Å²) in [6.45, 7) is 2.97. The van der Waals surface area contributed by atoms with Gasteiger partial charge in [-0.05, 0) is 56.7 Å². The first-order chi connectivity index (χ1) is 12.8. The smallest absolute Gasteiger partial charge is 0.254 e. The van der Waals surface area contributed by atoms with Crippen LogP contribution in [-0.2, 0) is 0 Å². The summed E-state index contributed by atoms with van der Waals surface area (Å²) in [6.07, 6.45) is 8.91. The molecule has 26 heavy (non-hydrogen) atoms. The fourth-order valence-electron chi connectivity index (χ4n) is 4.28. The Morgan fingerprint density at radius 3 is 2.46 bits per heavy atom. The molecule has 0 spiro atoms. The molecule has 2 aliphatic rings. The zero-order valence-corrected chi connectivity index (χ0v) is 15.3. The fourth-order valence-corrected chi connectivity index (χ4v) is 4.28. The van der Waals surface area contributed by atoms with Crippen LogP contribution in [0.25, 0.3) is 0 Å². The van der Waals surface area contributed by atoms with Crippen molar-refractivity contribution in [3.63, 3.8) is 0 Å². The van der Waals surface area contributed by atoms with Crippen LogP contribution in [-0.4, -0.2) is 35.4 Å². The SMILES string of the molecule is O=C(c1ccccc1)N1CCCC[C@H]1c1cccnc1N1CCCCC1. The zero-order chi connectivity index (χ0) is 17.8. The summed E-state index contributed by atoms with van der Waals surface area (Å²) in [5.41, 5.74) is 2.00. The van der Waals surface area contributed by atoms with E-state index in [9.17, 15) is 4.79 Å². The van der Waals surface area contributed by atoms with Crippen LogP contribution in [0.5, 0.6) is 0 Å². The van der Waals surface area contributed by atoms with Gasteiger partial charge in [0, 0.05) is 37.0 Å². The maximum atomic E-state index is 13.2. The molecule has 0 saturated carbocycles. The van der Waals surface area contributed by atoms with Crippen LogP contribution in [0.15, 0.2) is 48.7 Å². The maximum Gasteiger partial charge on any atom is 0.254 e. The average molecular weight is 349 g/mol. The third kappa shape index (κ3) is 3.46. The van der Waals surface area contributed by atoms with Crippen LogP contribution in [0, 0.1) is 0 Å². The minimum Gasteiger partial charge on any atom is -0.356 e. The molecule has 2 aliphatic heterocycles. The van der Waals surface area contributed by atoms with E-state index in [1.807, 2.05) is 42.6 Å². The van der Waals surface area contributed by atoms with Gasteiger partial charge in [-0.25, -0.2) is 4.98 Å². The Morgan fingerprint density at radius 1 is 0.885 bits per heavy atom. The van der Waals surface area contributed by atoms with Gasteiger partial charge in [0.15, 0.2) is 0 Å². The highest BCUT2D eigenvalue weighted by Gasteiger charge is 2.31. The van der Waals surface area contributed by atoms with Crippen molar-refractivity contribution in [3.05, 3.63) is 59.8 Å². The van der Waals surface area contributed by atoms with Gasteiger partial charge >= 0.3 is 0 Å². The highest BCUT2D eigenvalue weighted by atomic mass is 16.2. The Morgan fingerprint density at radius 2 is 1.65 bits per heavy atom. The molecule has 1 amide bonds. The van der Waals surface area contributed by atoms with Gasteiger partial charge in [-0.2, -0.15) is 0 Å². The van der Waals surface area contributed by atoms with Crippen LogP contribution in [0.4, 0.5) is 5.82 Å². The fraction of sp³-hybridized carbons (Fsp3) is 0.455. The molecule has 4 nitrogen and oxygen atoms in total. The minimum absolute atomic E-state index is 0.127. The van der Waals surface area contributed by atoms with Crippen molar-refractivity contribution in [1.82, 2.24) is 9.88 Å². The molecule has 0 aliphatic carbocycles. The van der Waals surface area contributed by atoms with E-state index in [1.54, 1.807) is 0 Å². The van der Waals surface area contributed by atoms with Gasteiger partial charge in [0.2, 0.25) is 0 Å². The number of benzene rings is 1. The van der Waals surface area contributed by atoms with E-state index >= 15 is 0 Å². The molecule has 3 heterocycles. The first-order valence-electron chi connectivity index (χ1n) is 9.90. The van der Waals surface area contributed by atoms with Crippen LogP contribution < -0.4 is 4.90 Å². The Kier molecular flexibility index (Phi) is 5.19. The molecular formula is C22H27N3O. The lowest BCUT2D eigenvalue weighted by Gasteiger charge is -2.38. The quantitative estimate of drug-likeness (QED) is 0.822. The van der Waals surface area contributed by atoms with Gasteiger partial charge in [-0.15, -0.1) is 0 Å². The first kappa shape index (κ1) is 17.1. The molecule has 4 rings (SSSR count). The lowest BCUT2D eigenvalue weighted by Crippen LogP contribution is -2.40. The second-order valence-corrected chi connectivity index (χ2v) is 7.34. The third-order valence-corrected chi connectivity index (χ3v) is 5.62. The summed E-state index contributed by atoms with van der Waals surface area (Å²) >= 11 is 0. The number of anilines is 1. The lowest BCUT2D eigenvalue weighted by atomic mass is 9.94. The Labute approximate surface area is 155 Å². The number of pyridine rings is 1. The lowest BCUT2D eigenvalue weighted by molar-refractivity contribution is 0.0611. The highest BCUT2D eigenvalue weighted by molar-refractivity contribution is 5.94. The summed E-state index contributed by atoms with van der Waals surface area (Å²) in [4.78, 5) is 22.4. The van der Waals surface area contributed by atoms with Gasteiger partial charge in [0.1, 0.15) is 5.82 Å². The third-order valence-electron chi connectivity index (χ3n) is 5.62. The molecule has 0 N–H and O–H groups in total. The van der Waals surface area contributed by atoms with E-state index in [1.165, 1.54) is 24.8 Å². The molecule has 2 aromatic rings. The number of piperidine rings is 2. The van der Waals surface area contributed by atoms with Crippen LogP contribution in [0.3, 0.4) is 0 Å². The Bertz CT molecular complexity index is 740. The number of rotatable bonds is 3. The predicted molar refractivity (Wildman–Crippen MR) is 104 cm³/mol. The topological polar surface area (TPSA) is 36.4 Å². The summed E-state index contributed by atoms with van der Waals surface area (Å²) in [6, 6.07) is 14.0. The second-order valence-electron chi connectivity index (χ2n) is 7.34. The number of hydrogen-bond acceptors (Lipinski definition) is 3. The molecule has 0 unspecified atom stereocenters. The molecule has 1 aromatic carbocycles. The normalized spacial score (nSPS) is 20.8. The van der Waals surface area contributed by atoms with E-state index in [0.717, 1.165) is 50.3 Å². The van der Waals surface area contributed by atoms with Crippen molar-refractivity contribution < 1.29 is 4.79 Å². The van der Waals surface area contributed by atoms with E-state index < -0.39 is 0 Å². The van der Waals surface area contributed by atoms with Crippen molar-refractivity contribution in [3.8, 4) is 0 Å². The van der Waals surface area contributed by atoms with Gasteiger partial charge in [-0.3, -0.25) is 4.79 Å². The monoisotopic (exact) mass is 349 g/mol. The summed E-state index contributed by atoms with van der Waals surface area (Å²) < 4.78 is 0. The molecule has 2 fully saturated rings. The first-order valence-corrected chi connectivity index (χ1v) is 9.90. The molecule has 1 atom stereocenters. The summed E-state index contributed by atoms with van der Waals surface area (Å²) in [7, 11) is 0. The Hall–Kier alpha value is -2.36. The molecule has 4 heteroatoms. The number of aromatic nitrogens is 1. The van der Waals surface area contributed by atoms with Gasteiger partial charge in [0.25, 0.3) is 5.91 Å². The van der Waals surface area contributed by atoms with Crippen molar-refractivity contribution in [2.75, 3.05) is 24.5 Å².